The standard InChI is InChI=1S/C44H50N4O13/c1-2-23-15-25(17-28(49)16-23)43(12-3-4-13-43)61-38-33(59-42-37(52)39(53)44(56,40(60-42)41(54)55)20-27-21-46-22-47-27)19-32-35(36(38)51)30(50)18-31(58-32)24-5-8-29(9-6-24)57-14-11-26-7-10-34(45)48-26/h5-10,15-19,27,37,39-40,42,46-49,51-53,56H,2-4,11-14,20-22,45H2,1H3,(H,54,55)/t27-,37-,39+,40-,42-,44+/m1/s1. The zero-order valence-electron chi connectivity index (χ0n) is 33.4. The molecule has 1 aliphatic carbocycles. The van der Waals surface area contributed by atoms with Crippen LogP contribution in [-0.2, 0) is 28.0 Å². The molecule has 2 saturated heterocycles. The van der Waals surface area contributed by atoms with E-state index in [1.165, 1.54) is 12.1 Å². The Morgan fingerprint density at radius 3 is 2.46 bits per heavy atom. The van der Waals surface area contributed by atoms with E-state index in [1.54, 1.807) is 42.5 Å². The number of carbonyl (C=O) groups is 1. The minimum Gasteiger partial charge on any atom is -0.508 e. The molecule has 0 amide bonds. The molecule has 8 rings (SSSR count). The number of H-pyrrole nitrogens is 1. The molecule has 17 heteroatoms. The number of phenolic OH excluding ortho intramolecular Hbond substituents is 2. The summed E-state index contributed by atoms with van der Waals surface area (Å²) < 4.78 is 30.8. The molecule has 324 valence electrons. The normalized spacial score (nSPS) is 24.8. The number of aliphatic hydroxyl groups excluding tert-OH is 2. The largest absolute Gasteiger partial charge is 0.508 e. The van der Waals surface area contributed by atoms with E-state index < -0.39 is 59.0 Å². The molecule has 1 saturated carbocycles. The van der Waals surface area contributed by atoms with Crippen LogP contribution in [0.5, 0.6) is 28.7 Å². The van der Waals surface area contributed by atoms with E-state index in [1.807, 2.05) is 19.1 Å². The lowest BCUT2D eigenvalue weighted by molar-refractivity contribution is -0.307. The first-order valence-corrected chi connectivity index (χ1v) is 20.4. The maximum Gasteiger partial charge on any atom is 0.336 e. The van der Waals surface area contributed by atoms with Gasteiger partial charge in [-0.25, -0.2) is 4.79 Å². The average Bonchev–Trinajstić information content (AvgIpc) is 4.03. The quantitative estimate of drug-likeness (QED) is 0.0768. The van der Waals surface area contributed by atoms with Crippen LogP contribution < -0.4 is 36.0 Å². The van der Waals surface area contributed by atoms with E-state index in [2.05, 4.69) is 15.6 Å². The molecule has 11 N–H and O–H groups in total. The van der Waals surface area contributed by atoms with E-state index in [-0.39, 0.29) is 40.4 Å². The van der Waals surface area contributed by atoms with Crippen molar-refractivity contribution >= 4 is 22.8 Å². The number of aliphatic hydroxyl groups is 3. The molecule has 2 aromatic heterocycles. The highest BCUT2D eigenvalue weighted by molar-refractivity contribution is 5.89. The fraction of sp³-hybridized carbons (Fsp3) is 0.409. The summed E-state index contributed by atoms with van der Waals surface area (Å²) in [5, 5.41) is 73.3. The van der Waals surface area contributed by atoms with Gasteiger partial charge in [-0.15, -0.1) is 0 Å². The summed E-state index contributed by atoms with van der Waals surface area (Å²) in [6.07, 6.45) is -4.83. The lowest BCUT2D eigenvalue weighted by atomic mass is 9.79. The van der Waals surface area contributed by atoms with Gasteiger partial charge >= 0.3 is 5.97 Å². The van der Waals surface area contributed by atoms with Gasteiger partial charge in [0.25, 0.3) is 0 Å². The maximum atomic E-state index is 13.9. The SMILES string of the molecule is CCc1cc(O)cc(C2(Oc3c(O[C@@H]4O[C@H](C(=O)O)[C@](O)(C[C@@H]5CNCN5)[C@@H](O)[C@H]4O)cc4oc(-c5ccc(OCCc6ccc(N)[nH]6)cc5)cc(=O)c4c3O)CCCC2)c1. The first-order valence-electron chi connectivity index (χ1n) is 20.4. The van der Waals surface area contributed by atoms with Gasteiger partial charge in [-0.05, 0) is 98.2 Å². The van der Waals surface area contributed by atoms with Crippen molar-refractivity contribution in [1.82, 2.24) is 15.6 Å². The molecular formula is C44H50N4O13. The van der Waals surface area contributed by atoms with E-state index in [0.29, 0.717) is 68.2 Å². The molecular weight excluding hydrogens is 792 g/mol. The highest BCUT2D eigenvalue weighted by atomic mass is 16.7. The molecule has 5 aromatic rings. The molecule has 3 aliphatic rings. The average molecular weight is 843 g/mol. The van der Waals surface area contributed by atoms with Crippen molar-refractivity contribution in [3.8, 4) is 40.1 Å². The Bertz CT molecular complexity index is 2440. The van der Waals surface area contributed by atoms with Crippen molar-refractivity contribution in [2.24, 2.45) is 0 Å². The van der Waals surface area contributed by atoms with Gasteiger partial charge in [0.2, 0.25) is 12.0 Å². The van der Waals surface area contributed by atoms with Crippen molar-refractivity contribution in [2.75, 3.05) is 25.6 Å². The maximum absolute atomic E-state index is 13.9. The van der Waals surface area contributed by atoms with Gasteiger partial charge in [-0.2, -0.15) is 0 Å². The lowest BCUT2D eigenvalue weighted by Crippen LogP contribution is -2.70. The Morgan fingerprint density at radius 1 is 1.02 bits per heavy atom. The molecule has 0 radical (unpaired) electrons. The first kappa shape index (κ1) is 41.9. The fourth-order valence-electron chi connectivity index (χ4n) is 8.65. The van der Waals surface area contributed by atoms with Crippen molar-refractivity contribution < 1.29 is 58.8 Å². The number of phenols is 2. The lowest BCUT2D eigenvalue weighted by Gasteiger charge is -2.47. The summed E-state index contributed by atoms with van der Waals surface area (Å²) in [6, 6.07) is 17.6. The van der Waals surface area contributed by atoms with Gasteiger partial charge in [0.05, 0.1) is 6.61 Å². The molecule has 2 aliphatic heterocycles. The summed E-state index contributed by atoms with van der Waals surface area (Å²) in [6.45, 7) is 3.08. The number of aliphatic carboxylic acids is 1. The van der Waals surface area contributed by atoms with Gasteiger partial charge in [0.1, 0.15) is 57.5 Å². The van der Waals surface area contributed by atoms with Crippen LogP contribution in [0.15, 0.2) is 75.9 Å². The third-order valence-corrected chi connectivity index (χ3v) is 11.9. The van der Waals surface area contributed by atoms with Crippen LogP contribution in [0, 0.1) is 0 Å². The Balaban J connectivity index is 1.17. The topological polar surface area (TPSA) is 271 Å². The van der Waals surface area contributed by atoms with Crippen molar-refractivity contribution in [2.45, 2.75) is 93.7 Å². The second kappa shape index (κ2) is 16.9. The van der Waals surface area contributed by atoms with Crippen molar-refractivity contribution in [3.63, 3.8) is 0 Å². The third kappa shape index (κ3) is 8.32. The van der Waals surface area contributed by atoms with Crippen LogP contribution in [0.3, 0.4) is 0 Å². The highest BCUT2D eigenvalue weighted by Gasteiger charge is 2.59. The molecule has 0 spiro atoms. The van der Waals surface area contributed by atoms with Crippen LogP contribution in [0.25, 0.3) is 22.3 Å². The summed E-state index contributed by atoms with van der Waals surface area (Å²) in [5.74, 6) is -1.69. The monoisotopic (exact) mass is 842 g/mol. The molecule has 6 atom stereocenters. The summed E-state index contributed by atoms with van der Waals surface area (Å²) in [7, 11) is 0. The number of carboxylic acids is 1. The van der Waals surface area contributed by atoms with Gasteiger partial charge in [0.15, 0.2) is 23.0 Å². The van der Waals surface area contributed by atoms with Gasteiger partial charge in [0, 0.05) is 49.1 Å². The minimum atomic E-state index is -2.45. The number of aromatic amines is 1. The van der Waals surface area contributed by atoms with E-state index in [9.17, 15) is 40.2 Å². The summed E-state index contributed by atoms with van der Waals surface area (Å²) in [5.41, 5.74) is 4.26. The number of nitrogens with one attached hydrogen (secondary N) is 3. The van der Waals surface area contributed by atoms with Crippen molar-refractivity contribution in [3.05, 3.63) is 93.8 Å². The number of aromatic nitrogens is 1. The summed E-state index contributed by atoms with van der Waals surface area (Å²) in [4.78, 5) is 29.6. The number of aromatic hydroxyl groups is 2. The number of rotatable bonds is 14. The second-order valence-corrected chi connectivity index (χ2v) is 16.0. The molecule has 17 nitrogen and oxygen atoms in total. The fourth-order valence-corrected chi connectivity index (χ4v) is 8.65. The third-order valence-electron chi connectivity index (χ3n) is 11.9. The summed E-state index contributed by atoms with van der Waals surface area (Å²) >= 11 is 0. The number of hydrogen-bond donors (Lipinski definition) is 10. The van der Waals surface area contributed by atoms with Crippen molar-refractivity contribution in [1.29, 1.82) is 0 Å². The zero-order chi connectivity index (χ0) is 43.1. The Hall–Kier alpha value is -5.82. The number of anilines is 1. The molecule has 3 aromatic carbocycles. The number of hydrogen-bond acceptors (Lipinski definition) is 15. The highest BCUT2D eigenvalue weighted by Crippen LogP contribution is 2.51. The molecule has 3 fully saturated rings. The molecule has 4 heterocycles. The van der Waals surface area contributed by atoms with E-state index in [0.717, 1.165) is 24.1 Å². The van der Waals surface area contributed by atoms with Crippen LogP contribution in [0.2, 0.25) is 0 Å². The van der Waals surface area contributed by atoms with Crippen LogP contribution in [0.4, 0.5) is 5.82 Å². The number of nitrogens with two attached hydrogens (primary N) is 1. The minimum absolute atomic E-state index is 0.0156. The number of ether oxygens (including phenoxy) is 4. The molecule has 61 heavy (non-hydrogen) atoms. The number of fused-ring (bicyclic) bond motifs is 1. The van der Waals surface area contributed by atoms with E-state index >= 15 is 0 Å². The molecule has 0 unspecified atom stereocenters. The van der Waals surface area contributed by atoms with Crippen LogP contribution in [-0.4, -0.2) is 97.7 Å². The second-order valence-electron chi connectivity index (χ2n) is 16.0. The Kier molecular flexibility index (Phi) is 11.6. The number of carboxylic acid groups (broad SMARTS) is 1. The zero-order valence-corrected chi connectivity index (χ0v) is 33.4. The number of benzene rings is 3. The Morgan fingerprint density at radius 2 is 1.79 bits per heavy atom. The van der Waals surface area contributed by atoms with Crippen LogP contribution in [0.1, 0.15) is 55.8 Å². The number of nitrogen functional groups attached to an aromatic ring is 1. The van der Waals surface area contributed by atoms with E-state index in [4.69, 9.17) is 29.1 Å². The predicted molar refractivity (Wildman–Crippen MR) is 221 cm³/mol. The number of aryl methyl sites for hydroxylation is 1. The van der Waals surface area contributed by atoms with Gasteiger partial charge < -0.3 is 75.4 Å². The van der Waals surface area contributed by atoms with Crippen LogP contribution >= 0.6 is 0 Å². The van der Waals surface area contributed by atoms with Gasteiger partial charge in [-0.3, -0.25) is 4.79 Å². The first-order chi connectivity index (χ1) is 29.3. The smallest absolute Gasteiger partial charge is 0.336 e. The molecule has 0 bridgehead atoms. The van der Waals surface area contributed by atoms with Gasteiger partial charge in [-0.1, -0.05) is 13.0 Å². The predicted octanol–water partition coefficient (Wildman–Crippen LogP) is 3.36. The Labute approximate surface area is 349 Å².